The fourth-order valence-electron chi connectivity index (χ4n) is 1.05. The van der Waals surface area contributed by atoms with Gasteiger partial charge in [0.15, 0.2) is 0 Å². The van der Waals surface area contributed by atoms with E-state index in [4.69, 9.17) is 10.8 Å². The molecular formula is C10H11IN2O3. The van der Waals surface area contributed by atoms with Gasteiger partial charge < -0.3 is 16.2 Å². The Labute approximate surface area is 106 Å². The van der Waals surface area contributed by atoms with E-state index in [9.17, 15) is 9.59 Å². The fraction of sp³-hybridized carbons (Fsp3) is 0.200. The number of benzene rings is 1. The highest BCUT2D eigenvalue weighted by Crippen LogP contribution is 2.11. The number of carboxylic acids is 1. The zero-order valence-electron chi connectivity index (χ0n) is 8.31. The number of nitrogens with one attached hydrogen (secondary N) is 1. The third-order valence-electron chi connectivity index (χ3n) is 1.84. The van der Waals surface area contributed by atoms with Crippen LogP contribution in [0.25, 0.3) is 0 Å². The van der Waals surface area contributed by atoms with E-state index in [1.807, 2.05) is 12.1 Å². The van der Waals surface area contributed by atoms with Crippen LogP contribution >= 0.6 is 22.6 Å². The van der Waals surface area contributed by atoms with Gasteiger partial charge in [-0.2, -0.15) is 0 Å². The summed E-state index contributed by atoms with van der Waals surface area (Å²) >= 11 is 2.14. The van der Waals surface area contributed by atoms with Gasteiger partial charge in [0.2, 0.25) is 5.91 Å². The number of carbonyl (C=O) groups is 2. The molecule has 1 aromatic carbocycles. The SMILES string of the molecule is NC(CC(=O)O)C(=O)Nc1ccc(I)cc1. The Balaban J connectivity index is 2.57. The first-order valence-electron chi connectivity index (χ1n) is 4.53. The normalized spacial score (nSPS) is 11.9. The van der Waals surface area contributed by atoms with Crippen molar-refractivity contribution < 1.29 is 14.7 Å². The largest absolute Gasteiger partial charge is 0.481 e. The lowest BCUT2D eigenvalue weighted by Crippen LogP contribution is -2.37. The number of nitrogens with two attached hydrogens (primary N) is 1. The van der Waals surface area contributed by atoms with E-state index in [2.05, 4.69) is 27.9 Å². The molecule has 0 bridgehead atoms. The molecule has 16 heavy (non-hydrogen) atoms. The number of halogens is 1. The third kappa shape index (κ3) is 4.15. The summed E-state index contributed by atoms with van der Waals surface area (Å²) in [6, 6.07) is 6.09. The van der Waals surface area contributed by atoms with Crippen LogP contribution in [0, 0.1) is 3.57 Å². The monoisotopic (exact) mass is 334 g/mol. The van der Waals surface area contributed by atoms with Crippen molar-refractivity contribution in [2.45, 2.75) is 12.5 Å². The molecule has 1 aromatic rings. The van der Waals surface area contributed by atoms with Crippen LogP contribution in [0.1, 0.15) is 6.42 Å². The number of carboxylic acid groups (broad SMARTS) is 1. The van der Waals surface area contributed by atoms with Crippen LogP contribution in [-0.4, -0.2) is 23.0 Å². The predicted molar refractivity (Wildman–Crippen MR) is 68.0 cm³/mol. The molecule has 5 nitrogen and oxygen atoms in total. The average Bonchev–Trinajstić information content (AvgIpc) is 2.20. The highest BCUT2D eigenvalue weighted by molar-refractivity contribution is 14.1. The number of anilines is 1. The Morgan fingerprint density at radius 1 is 1.38 bits per heavy atom. The van der Waals surface area contributed by atoms with Gasteiger partial charge in [-0.3, -0.25) is 9.59 Å². The predicted octanol–water partition coefficient (Wildman–Crippen LogP) is 1.03. The highest BCUT2D eigenvalue weighted by atomic mass is 127. The lowest BCUT2D eigenvalue weighted by atomic mass is 10.2. The molecule has 0 aliphatic carbocycles. The minimum atomic E-state index is -1.09. The van der Waals surface area contributed by atoms with E-state index < -0.39 is 17.9 Å². The van der Waals surface area contributed by atoms with Crippen LogP contribution in [0.15, 0.2) is 24.3 Å². The molecule has 1 rings (SSSR count). The zero-order valence-corrected chi connectivity index (χ0v) is 10.5. The van der Waals surface area contributed by atoms with E-state index in [0.29, 0.717) is 5.69 Å². The maximum absolute atomic E-state index is 11.4. The molecule has 0 aromatic heterocycles. The van der Waals surface area contributed by atoms with Crippen molar-refractivity contribution in [2.75, 3.05) is 5.32 Å². The van der Waals surface area contributed by atoms with Gasteiger partial charge in [-0.1, -0.05) is 0 Å². The third-order valence-corrected chi connectivity index (χ3v) is 2.56. The molecule has 0 heterocycles. The molecule has 86 valence electrons. The van der Waals surface area contributed by atoms with Crippen molar-refractivity contribution in [1.82, 2.24) is 0 Å². The Bertz CT molecular complexity index is 392. The first-order valence-corrected chi connectivity index (χ1v) is 5.60. The van der Waals surface area contributed by atoms with Crippen molar-refractivity contribution in [3.63, 3.8) is 0 Å². The van der Waals surface area contributed by atoms with Crippen molar-refractivity contribution in [2.24, 2.45) is 5.73 Å². The van der Waals surface area contributed by atoms with Crippen LogP contribution < -0.4 is 11.1 Å². The number of carbonyl (C=O) groups excluding carboxylic acids is 1. The average molecular weight is 334 g/mol. The van der Waals surface area contributed by atoms with Gasteiger partial charge in [0.25, 0.3) is 0 Å². The van der Waals surface area contributed by atoms with Crippen molar-refractivity contribution >= 4 is 40.2 Å². The second-order valence-electron chi connectivity index (χ2n) is 3.20. The van der Waals surface area contributed by atoms with Gasteiger partial charge in [-0.25, -0.2) is 0 Å². The van der Waals surface area contributed by atoms with Crippen LogP contribution in [0.5, 0.6) is 0 Å². The Kier molecular flexibility index (Phi) is 4.69. The summed E-state index contributed by atoms with van der Waals surface area (Å²) < 4.78 is 1.05. The molecule has 0 saturated carbocycles. The molecule has 0 aliphatic heterocycles. The van der Waals surface area contributed by atoms with E-state index in [0.717, 1.165) is 3.57 Å². The number of rotatable bonds is 4. The maximum atomic E-state index is 11.4. The van der Waals surface area contributed by atoms with Crippen LogP contribution in [-0.2, 0) is 9.59 Å². The van der Waals surface area contributed by atoms with Crippen LogP contribution in [0.4, 0.5) is 5.69 Å². The van der Waals surface area contributed by atoms with Gasteiger partial charge in [0, 0.05) is 9.26 Å². The fourth-order valence-corrected chi connectivity index (χ4v) is 1.41. The number of hydrogen-bond acceptors (Lipinski definition) is 3. The van der Waals surface area contributed by atoms with E-state index in [1.165, 1.54) is 0 Å². The Morgan fingerprint density at radius 3 is 2.44 bits per heavy atom. The molecule has 0 aliphatic rings. The minimum Gasteiger partial charge on any atom is -0.481 e. The van der Waals surface area contributed by atoms with Gasteiger partial charge in [0.05, 0.1) is 12.5 Å². The molecule has 1 unspecified atom stereocenters. The quantitative estimate of drug-likeness (QED) is 0.717. The summed E-state index contributed by atoms with van der Waals surface area (Å²) in [5.74, 6) is -1.59. The summed E-state index contributed by atoms with van der Waals surface area (Å²) in [6.07, 6.45) is -0.379. The highest BCUT2D eigenvalue weighted by Gasteiger charge is 2.16. The minimum absolute atomic E-state index is 0.379. The molecule has 0 saturated heterocycles. The molecule has 0 fully saturated rings. The molecule has 1 atom stereocenters. The van der Waals surface area contributed by atoms with Gasteiger partial charge in [0.1, 0.15) is 0 Å². The van der Waals surface area contributed by atoms with Crippen LogP contribution in [0.3, 0.4) is 0 Å². The van der Waals surface area contributed by atoms with Gasteiger partial charge >= 0.3 is 5.97 Å². The van der Waals surface area contributed by atoms with Gasteiger partial charge in [-0.05, 0) is 46.9 Å². The first kappa shape index (κ1) is 12.9. The number of hydrogen-bond donors (Lipinski definition) is 3. The van der Waals surface area contributed by atoms with Crippen molar-refractivity contribution in [1.29, 1.82) is 0 Å². The van der Waals surface area contributed by atoms with Crippen LogP contribution in [0.2, 0.25) is 0 Å². The van der Waals surface area contributed by atoms with E-state index in [1.54, 1.807) is 12.1 Å². The number of aliphatic carboxylic acids is 1. The summed E-state index contributed by atoms with van der Waals surface area (Å²) in [6.45, 7) is 0. The van der Waals surface area contributed by atoms with E-state index in [-0.39, 0.29) is 6.42 Å². The summed E-state index contributed by atoms with van der Waals surface area (Å²) in [5, 5.41) is 11.0. The molecule has 6 heteroatoms. The second-order valence-corrected chi connectivity index (χ2v) is 4.45. The Hall–Kier alpha value is -1.15. The topological polar surface area (TPSA) is 92.4 Å². The standard InChI is InChI=1S/C10H11IN2O3/c11-6-1-3-7(4-2-6)13-10(16)8(12)5-9(14)15/h1-4,8H,5,12H2,(H,13,16)(H,14,15). The summed E-state index contributed by atoms with van der Waals surface area (Å²) in [5.41, 5.74) is 6.00. The summed E-state index contributed by atoms with van der Waals surface area (Å²) in [7, 11) is 0. The summed E-state index contributed by atoms with van der Waals surface area (Å²) in [4.78, 5) is 21.8. The van der Waals surface area contributed by atoms with Crippen molar-refractivity contribution in [3.8, 4) is 0 Å². The smallest absolute Gasteiger partial charge is 0.305 e. The molecule has 4 N–H and O–H groups in total. The Morgan fingerprint density at radius 2 is 1.94 bits per heavy atom. The lowest BCUT2D eigenvalue weighted by molar-refractivity contribution is -0.138. The zero-order chi connectivity index (χ0) is 12.1. The van der Waals surface area contributed by atoms with E-state index >= 15 is 0 Å². The molecule has 0 spiro atoms. The molecule has 1 amide bonds. The second kappa shape index (κ2) is 5.80. The number of amides is 1. The van der Waals surface area contributed by atoms with Gasteiger partial charge in [-0.15, -0.1) is 0 Å². The maximum Gasteiger partial charge on any atom is 0.305 e. The van der Waals surface area contributed by atoms with Crippen molar-refractivity contribution in [3.05, 3.63) is 27.8 Å². The lowest BCUT2D eigenvalue weighted by Gasteiger charge is -2.09. The first-order chi connectivity index (χ1) is 7.49. The molecule has 0 radical (unpaired) electrons. The molecular weight excluding hydrogens is 323 g/mol.